The number of benzene rings is 1. The van der Waals surface area contributed by atoms with Crippen LogP contribution in [0.1, 0.15) is 6.92 Å². The zero-order chi connectivity index (χ0) is 16.4. The van der Waals surface area contributed by atoms with Gasteiger partial charge in [0, 0.05) is 17.5 Å². The second kappa shape index (κ2) is 6.55. The van der Waals surface area contributed by atoms with Crippen molar-refractivity contribution in [3.05, 3.63) is 46.1 Å². The molecule has 2 aromatic heterocycles. The van der Waals surface area contributed by atoms with Crippen LogP contribution in [-0.4, -0.2) is 21.2 Å². The van der Waals surface area contributed by atoms with Crippen LogP contribution in [0.2, 0.25) is 0 Å². The van der Waals surface area contributed by atoms with E-state index in [2.05, 4.69) is 4.98 Å². The highest BCUT2D eigenvalue weighted by Gasteiger charge is 2.16. The van der Waals surface area contributed by atoms with Gasteiger partial charge in [0.15, 0.2) is 5.16 Å². The Kier molecular flexibility index (Phi) is 4.49. The summed E-state index contributed by atoms with van der Waals surface area (Å²) in [5.74, 6) is -0.330. The minimum absolute atomic E-state index is 0.0725. The van der Waals surface area contributed by atoms with Crippen molar-refractivity contribution < 1.29 is 4.79 Å². The molecule has 5 nitrogen and oxygen atoms in total. The lowest BCUT2D eigenvalue weighted by Crippen LogP contribution is -2.23. The fraction of sp³-hybridized carbons (Fsp3) is 0.188. The molecule has 0 unspecified atom stereocenters. The Balaban J connectivity index is 2.20. The number of amides is 1. The van der Waals surface area contributed by atoms with Crippen LogP contribution in [0, 0.1) is 0 Å². The summed E-state index contributed by atoms with van der Waals surface area (Å²) in [5.41, 5.74) is 7.78. The van der Waals surface area contributed by atoms with Gasteiger partial charge in [0.1, 0.15) is 4.70 Å². The molecule has 0 aliphatic heterocycles. The first-order chi connectivity index (χ1) is 11.1. The van der Waals surface area contributed by atoms with Crippen LogP contribution in [0.4, 0.5) is 0 Å². The first-order valence-corrected chi connectivity index (χ1v) is 8.97. The van der Waals surface area contributed by atoms with Crippen molar-refractivity contribution in [2.24, 2.45) is 5.73 Å². The van der Waals surface area contributed by atoms with Gasteiger partial charge in [-0.1, -0.05) is 42.1 Å². The Morgan fingerprint density at radius 1 is 1.35 bits per heavy atom. The van der Waals surface area contributed by atoms with Crippen molar-refractivity contribution in [2.75, 3.05) is 5.75 Å². The SMILES string of the molecule is CCn1c(SCC(N)=O)nc2c(-c3ccccc3)csc2c1=O. The Morgan fingerprint density at radius 3 is 2.74 bits per heavy atom. The van der Waals surface area contributed by atoms with Crippen LogP contribution in [0.3, 0.4) is 0 Å². The van der Waals surface area contributed by atoms with Crippen molar-refractivity contribution >= 4 is 39.2 Å². The molecule has 0 spiro atoms. The second-order valence-corrected chi connectivity index (χ2v) is 6.71. The number of carbonyl (C=O) groups is 1. The molecule has 1 aromatic carbocycles. The zero-order valence-corrected chi connectivity index (χ0v) is 14.1. The molecule has 0 fully saturated rings. The van der Waals surface area contributed by atoms with Gasteiger partial charge in [-0.05, 0) is 12.5 Å². The van der Waals surface area contributed by atoms with Crippen LogP contribution in [0.25, 0.3) is 21.3 Å². The number of nitrogens with zero attached hydrogens (tertiary/aromatic N) is 2. The number of primary amides is 1. The van der Waals surface area contributed by atoms with E-state index in [9.17, 15) is 9.59 Å². The molecule has 2 heterocycles. The van der Waals surface area contributed by atoms with Gasteiger partial charge in [0.2, 0.25) is 5.91 Å². The molecule has 0 radical (unpaired) electrons. The van der Waals surface area contributed by atoms with Gasteiger partial charge in [-0.25, -0.2) is 4.98 Å². The average Bonchev–Trinajstić information content (AvgIpc) is 2.98. The number of carbonyl (C=O) groups excluding carboxylic acids is 1. The number of thiophene rings is 1. The Bertz CT molecular complexity index is 916. The molecule has 23 heavy (non-hydrogen) atoms. The standard InChI is InChI=1S/C16H15N3O2S2/c1-2-19-15(21)14-13(18-16(19)23-9-12(17)20)11(8-22-14)10-6-4-3-5-7-10/h3-8H,2,9H2,1H3,(H2,17,20). The predicted octanol–water partition coefficient (Wildman–Crippen LogP) is 2.72. The first kappa shape index (κ1) is 15.8. The fourth-order valence-electron chi connectivity index (χ4n) is 2.33. The minimum Gasteiger partial charge on any atom is -0.369 e. The summed E-state index contributed by atoms with van der Waals surface area (Å²) in [6.45, 7) is 2.39. The van der Waals surface area contributed by atoms with Gasteiger partial charge in [-0.2, -0.15) is 0 Å². The van der Waals surface area contributed by atoms with Crippen molar-refractivity contribution in [3.8, 4) is 11.1 Å². The lowest BCUT2D eigenvalue weighted by molar-refractivity contribution is -0.115. The zero-order valence-electron chi connectivity index (χ0n) is 12.5. The molecular weight excluding hydrogens is 330 g/mol. The van der Waals surface area contributed by atoms with Gasteiger partial charge in [-0.3, -0.25) is 14.2 Å². The molecule has 7 heteroatoms. The molecule has 1 amide bonds. The van der Waals surface area contributed by atoms with Crippen molar-refractivity contribution in [1.29, 1.82) is 0 Å². The first-order valence-electron chi connectivity index (χ1n) is 7.10. The molecule has 0 atom stereocenters. The third-order valence-corrected chi connectivity index (χ3v) is 5.34. The highest BCUT2D eigenvalue weighted by Crippen LogP contribution is 2.32. The predicted molar refractivity (Wildman–Crippen MR) is 94.9 cm³/mol. The van der Waals surface area contributed by atoms with Gasteiger partial charge < -0.3 is 5.73 Å². The molecule has 0 bridgehead atoms. The molecule has 0 aliphatic carbocycles. The van der Waals surface area contributed by atoms with E-state index in [1.54, 1.807) is 4.57 Å². The minimum atomic E-state index is -0.430. The van der Waals surface area contributed by atoms with Crippen LogP contribution < -0.4 is 11.3 Å². The number of fused-ring (bicyclic) bond motifs is 1. The molecule has 0 saturated carbocycles. The number of aromatic nitrogens is 2. The van der Waals surface area contributed by atoms with E-state index in [1.807, 2.05) is 42.6 Å². The summed E-state index contributed by atoms with van der Waals surface area (Å²) in [7, 11) is 0. The lowest BCUT2D eigenvalue weighted by Gasteiger charge is -2.09. The van der Waals surface area contributed by atoms with E-state index >= 15 is 0 Å². The topological polar surface area (TPSA) is 78.0 Å². The van der Waals surface area contributed by atoms with Gasteiger partial charge in [0.25, 0.3) is 5.56 Å². The van der Waals surface area contributed by atoms with E-state index in [-0.39, 0.29) is 11.3 Å². The molecule has 118 valence electrons. The number of hydrogen-bond donors (Lipinski definition) is 1. The van der Waals surface area contributed by atoms with Crippen molar-refractivity contribution in [3.63, 3.8) is 0 Å². The highest BCUT2D eigenvalue weighted by molar-refractivity contribution is 7.99. The third kappa shape index (κ3) is 3.02. The maximum atomic E-state index is 12.7. The van der Waals surface area contributed by atoms with Crippen molar-refractivity contribution in [1.82, 2.24) is 9.55 Å². The van der Waals surface area contributed by atoms with Gasteiger partial charge in [0.05, 0.1) is 11.3 Å². The summed E-state index contributed by atoms with van der Waals surface area (Å²) < 4.78 is 2.22. The molecule has 3 rings (SSSR count). The van der Waals surface area contributed by atoms with Crippen LogP contribution >= 0.6 is 23.1 Å². The van der Waals surface area contributed by atoms with Crippen LogP contribution in [0.15, 0.2) is 45.7 Å². The number of nitrogens with two attached hydrogens (primary N) is 1. The molecule has 2 N–H and O–H groups in total. The van der Waals surface area contributed by atoms with Gasteiger partial charge in [-0.15, -0.1) is 11.3 Å². The summed E-state index contributed by atoms with van der Waals surface area (Å²) in [5, 5.41) is 2.48. The van der Waals surface area contributed by atoms with Gasteiger partial charge >= 0.3 is 0 Å². The smallest absolute Gasteiger partial charge is 0.272 e. The Labute approximate surface area is 141 Å². The normalized spacial score (nSPS) is 11.0. The van der Waals surface area contributed by atoms with E-state index in [0.717, 1.165) is 11.1 Å². The van der Waals surface area contributed by atoms with E-state index in [0.29, 0.717) is 21.9 Å². The Morgan fingerprint density at radius 2 is 2.09 bits per heavy atom. The van der Waals surface area contributed by atoms with E-state index in [4.69, 9.17) is 5.73 Å². The molecule has 0 aliphatic rings. The summed E-state index contributed by atoms with van der Waals surface area (Å²) in [4.78, 5) is 28.4. The quantitative estimate of drug-likeness (QED) is 0.570. The number of thioether (sulfide) groups is 1. The monoisotopic (exact) mass is 345 g/mol. The van der Waals surface area contributed by atoms with E-state index in [1.165, 1.54) is 23.1 Å². The third-order valence-electron chi connectivity index (χ3n) is 3.39. The number of rotatable bonds is 5. The lowest BCUT2D eigenvalue weighted by atomic mass is 10.1. The maximum absolute atomic E-state index is 12.7. The molecule has 0 saturated heterocycles. The number of hydrogen-bond acceptors (Lipinski definition) is 5. The fourth-order valence-corrected chi connectivity index (χ4v) is 4.08. The maximum Gasteiger partial charge on any atom is 0.272 e. The summed E-state index contributed by atoms with van der Waals surface area (Å²) in [6, 6.07) is 9.84. The Hall–Kier alpha value is -2.12. The summed E-state index contributed by atoms with van der Waals surface area (Å²) in [6.07, 6.45) is 0. The largest absolute Gasteiger partial charge is 0.369 e. The van der Waals surface area contributed by atoms with Crippen LogP contribution in [-0.2, 0) is 11.3 Å². The van der Waals surface area contributed by atoms with Crippen molar-refractivity contribution in [2.45, 2.75) is 18.6 Å². The second-order valence-electron chi connectivity index (χ2n) is 4.89. The van der Waals surface area contributed by atoms with E-state index < -0.39 is 5.91 Å². The van der Waals surface area contributed by atoms with Crippen LogP contribution in [0.5, 0.6) is 0 Å². The molecule has 3 aromatic rings. The highest BCUT2D eigenvalue weighted by atomic mass is 32.2. The average molecular weight is 345 g/mol. The summed E-state index contributed by atoms with van der Waals surface area (Å²) >= 11 is 2.60. The molecular formula is C16H15N3O2S2.